The molecular weight excluding hydrogens is 200 g/mol. The van der Waals surface area contributed by atoms with E-state index in [1.54, 1.807) is 6.20 Å². The van der Waals surface area contributed by atoms with Gasteiger partial charge >= 0.3 is 0 Å². The number of rotatable bonds is 5. The van der Waals surface area contributed by atoms with E-state index in [0.29, 0.717) is 5.15 Å². The molecule has 1 aromatic heterocycles. The number of anilines is 1. The molecule has 0 atom stereocenters. The number of hydrogen-bond acceptors (Lipinski definition) is 3. The van der Waals surface area contributed by atoms with E-state index in [9.17, 15) is 0 Å². The first-order chi connectivity index (χ1) is 6.77. The van der Waals surface area contributed by atoms with Crippen molar-refractivity contribution in [1.82, 2.24) is 4.98 Å². The molecule has 1 aromatic rings. The fraction of sp³-hybridized carbons (Fsp3) is 0.500. The molecule has 0 aliphatic rings. The number of pyridine rings is 1. The number of hydrogen-bond donors (Lipinski definition) is 1. The lowest BCUT2D eigenvalue weighted by atomic mass is 10.3. The fourth-order valence-electron chi connectivity index (χ4n) is 1.32. The molecule has 0 aliphatic carbocycles. The van der Waals surface area contributed by atoms with Crippen molar-refractivity contribution in [3.8, 4) is 0 Å². The number of aromatic nitrogens is 1. The first kappa shape index (κ1) is 11.3. The van der Waals surface area contributed by atoms with Crippen molar-refractivity contribution in [2.24, 2.45) is 0 Å². The predicted octanol–water partition coefficient (Wildman–Crippen LogP) is 1.94. The van der Waals surface area contributed by atoms with Gasteiger partial charge in [-0.05, 0) is 25.5 Å². The van der Waals surface area contributed by atoms with Crippen LogP contribution in [0.25, 0.3) is 0 Å². The molecule has 3 nitrogen and oxygen atoms in total. The third kappa shape index (κ3) is 3.16. The highest BCUT2D eigenvalue weighted by molar-refractivity contribution is 6.29. The summed E-state index contributed by atoms with van der Waals surface area (Å²) in [5, 5.41) is 9.25. The fourth-order valence-corrected chi connectivity index (χ4v) is 1.49. The molecule has 1 N–H and O–H groups in total. The van der Waals surface area contributed by atoms with Crippen LogP contribution in [0.15, 0.2) is 18.3 Å². The van der Waals surface area contributed by atoms with Crippen LogP contribution in [0.3, 0.4) is 0 Å². The zero-order chi connectivity index (χ0) is 10.4. The average molecular weight is 215 g/mol. The van der Waals surface area contributed by atoms with Crippen molar-refractivity contribution >= 4 is 17.3 Å². The largest absolute Gasteiger partial charge is 0.396 e. The predicted molar refractivity (Wildman–Crippen MR) is 58.8 cm³/mol. The summed E-state index contributed by atoms with van der Waals surface area (Å²) in [6.07, 6.45) is 2.47. The molecule has 0 fully saturated rings. The lowest BCUT2D eigenvalue weighted by molar-refractivity contribution is 0.289. The summed E-state index contributed by atoms with van der Waals surface area (Å²) in [5.74, 6) is 0. The van der Waals surface area contributed by atoms with E-state index < -0.39 is 0 Å². The first-order valence-electron chi connectivity index (χ1n) is 4.75. The standard InChI is InChI=1S/C10H15ClN2O/c1-2-13(6-3-7-14)9-4-5-12-10(11)8-9/h4-5,8,14H,2-3,6-7H2,1H3. The molecule has 1 heterocycles. The van der Waals surface area contributed by atoms with Gasteiger partial charge in [0.25, 0.3) is 0 Å². The normalized spacial score (nSPS) is 10.2. The maximum atomic E-state index is 8.75. The summed E-state index contributed by atoms with van der Waals surface area (Å²) >= 11 is 5.79. The smallest absolute Gasteiger partial charge is 0.131 e. The Morgan fingerprint density at radius 3 is 2.93 bits per heavy atom. The first-order valence-corrected chi connectivity index (χ1v) is 5.13. The molecule has 0 aromatic carbocycles. The highest BCUT2D eigenvalue weighted by Crippen LogP contribution is 2.17. The van der Waals surface area contributed by atoms with Crippen molar-refractivity contribution in [3.63, 3.8) is 0 Å². The molecule has 0 spiro atoms. The summed E-state index contributed by atoms with van der Waals surface area (Å²) in [6, 6.07) is 3.76. The van der Waals surface area contributed by atoms with E-state index >= 15 is 0 Å². The number of nitrogens with zero attached hydrogens (tertiary/aromatic N) is 2. The van der Waals surface area contributed by atoms with E-state index in [-0.39, 0.29) is 6.61 Å². The minimum absolute atomic E-state index is 0.218. The molecule has 4 heteroatoms. The average Bonchev–Trinajstić information content (AvgIpc) is 2.19. The molecule has 0 radical (unpaired) electrons. The molecule has 0 bridgehead atoms. The second-order valence-electron chi connectivity index (χ2n) is 2.99. The third-order valence-electron chi connectivity index (χ3n) is 2.04. The Kier molecular flexibility index (Phi) is 4.70. The summed E-state index contributed by atoms with van der Waals surface area (Å²) in [4.78, 5) is 6.08. The lowest BCUT2D eigenvalue weighted by Crippen LogP contribution is -2.24. The van der Waals surface area contributed by atoms with Gasteiger partial charge < -0.3 is 10.0 Å². The van der Waals surface area contributed by atoms with Gasteiger partial charge in [0.2, 0.25) is 0 Å². The minimum atomic E-state index is 0.218. The molecule has 0 saturated carbocycles. The maximum Gasteiger partial charge on any atom is 0.131 e. The van der Waals surface area contributed by atoms with Gasteiger partial charge in [0.15, 0.2) is 0 Å². The molecule has 14 heavy (non-hydrogen) atoms. The second kappa shape index (κ2) is 5.83. The summed E-state index contributed by atoms with van der Waals surface area (Å²) < 4.78 is 0. The van der Waals surface area contributed by atoms with Gasteiger partial charge in [-0.15, -0.1) is 0 Å². The van der Waals surface area contributed by atoms with E-state index in [1.807, 2.05) is 12.1 Å². The molecule has 0 aliphatic heterocycles. The second-order valence-corrected chi connectivity index (χ2v) is 3.38. The Morgan fingerprint density at radius 1 is 1.57 bits per heavy atom. The van der Waals surface area contributed by atoms with Crippen molar-refractivity contribution in [1.29, 1.82) is 0 Å². The maximum absolute atomic E-state index is 8.75. The molecular formula is C10H15ClN2O. The van der Waals surface area contributed by atoms with Gasteiger partial charge in [-0.3, -0.25) is 0 Å². The van der Waals surface area contributed by atoms with Gasteiger partial charge in [0.05, 0.1) is 0 Å². The molecule has 0 amide bonds. The number of aliphatic hydroxyl groups is 1. The Hall–Kier alpha value is -0.800. The van der Waals surface area contributed by atoms with Crippen molar-refractivity contribution in [3.05, 3.63) is 23.5 Å². The zero-order valence-electron chi connectivity index (χ0n) is 8.28. The van der Waals surface area contributed by atoms with Crippen LogP contribution in [0.1, 0.15) is 13.3 Å². The summed E-state index contributed by atoms with van der Waals surface area (Å²) in [7, 11) is 0. The Labute approximate surface area is 89.3 Å². The van der Waals surface area contributed by atoms with Crippen LogP contribution >= 0.6 is 11.6 Å². The summed E-state index contributed by atoms with van der Waals surface area (Å²) in [6.45, 7) is 4.04. The zero-order valence-corrected chi connectivity index (χ0v) is 9.04. The van der Waals surface area contributed by atoms with E-state index in [2.05, 4.69) is 16.8 Å². The summed E-state index contributed by atoms with van der Waals surface area (Å²) in [5.41, 5.74) is 1.06. The van der Waals surface area contributed by atoms with Crippen LogP contribution < -0.4 is 4.90 Å². The van der Waals surface area contributed by atoms with Crippen LogP contribution in [-0.2, 0) is 0 Å². The molecule has 78 valence electrons. The van der Waals surface area contributed by atoms with Crippen LogP contribution in [-0.4, -0.2) is 29.8 Å². The van der Waals surface area contributed by atoms with Crippen LogP contribution in [0, 0.1) is 0 Å². The minimum Gasteiger partial charge on any atom is -0.396 e. The van der Waals surface area contributed by atoms with Gasteiger partial charge in [0, 0.05) is 31.6 Å². The van der Waals surface area contributed by atoms with Crippen molar-refractivity contribution in [2.45, 2.75) is 13.3 Å². The van der Waals surface area contributed by atoms with Gasteiger partial charge in [0.1, 0.15) is 5.15 Å². The Morgan fingerprint density at radius 2 is 2.36 bits per heavy atom. The van der Waals surface area contributed by atoms with Gasteiger partial charge in [-0.2, -0.15) is 0 Å². The van der Waals surface area contributed by atoms with Gasteiger partial charge in [-0.25, -0.2) is 4.98 Å². The van der Waals surface area contributed by atoms with Crippen molar-refractivity contribution in [2.75, 3.05) is 24.6 Å². The van der Waals surface area contributed by atoms with Crippen LogP contribution in [0.2, 0.25) is 5.15 Å². The number of halogens is 1. The number of aliphatic hydroxyl groups excluding tert-OH is 1. The van der Waals surface area contributed by atoms with E-state index in [1.165, 1.54) is 0 Å². The highest BCUT2D eigenvalue weighted by Gasteiger charge is 2.03. The Bertz CT molecular complexity index is 281. The lowest BCUT2D eigenvalue weighted by Gasteiger charge is -2.22. The van der Waals surface area contributed by atoms with Crippen LogP contribution in [0.4, 0.5) is 5.69 Å². The quantitative estimate of drug-likeness (QED) is 0.762. The molecule has 1 rings (SSSR count). The Balaban J connectivity index is 2.68. The SMILES string of the molecule is CCN(CCCO)c1ccnc(Cl)c1. The van der Waals surface area contributed by atoms with Crippen molar-refractivity contribution < 1.29 is 5.11 Å². The topological polar surface area (TPSA) is 36.4 Å². The molecule has 0 saturated heterocycles. The highest BCUT2D eigenvalue weighted by atomic mass is 35.5. The van der Waals surface area contributed by atoms with E-state index in [0.717, 1.165) is 25.2 Å². The monoisotopic (exact) mass is 214 g/mol. The van der Waals surface area contributed by atoms with E-state index in [4.69, 9.17) is 16.7 Å². The third-order valence-corrected chi connectivity index (χ3v) is 2.25. The molecule has 0 unspecified atom stereocenters. The van der Waals surface area contributed by atoms with Gasteiger partial charge in [-0.1, -0.05) is 11.6 Å². The van der Waals surface area contributed by atoms with Crippen LogP contribution in [0.5, 0.6) is 0 Å².